The lowest BCUT2D eigenvalue weighted by molar-refractivity contribution is 1.14. The Balaban J connectivity index is 1.78. The van der Waals surface area contributed by atoms with Crippen LogP contribution in [0.3, 0.4) is 0 Å². The van der Waals surface area contributed by atoms with Crippen LogP contribution < -0.4 is 5.32 Å². The highest BCUT2D eigenvalue weighted by Crippen LogP contribution is 2.29. The Bertz CT molecular complexity index is 1020. The molecule has 4 aromatic rings. The second kappa shape index (κ2) is 5.81. The predicted molar refractivity (Wildman–Crippen MR) is 98.5 cm³/mol. The van der Waals surface area contributed by atoms with E-state index in [1.807, 2.05) is 37.5 Å². The number of anilines is 2. The van der Waals surface area contributed by atoms with Gasteiger partial charge in [-0.2, -0.15) is 0 Å². The van der Waals surface area contributed by atoms with Gasteiger partial charge in [-0.25, -0.2) is 9.97 Å². The number of hydrogen-bond donors (Lipinski definition) is 2. The zero-order valence-corrected chi connectivity index (χ0v) is 13.7. The molecule has 0 amide bonds. The fraction of sp³-hybridized carbons (Fsp3) is 0.100. The minimum Gasteiger partial charge on any atom is -0.361 e. The van der Waals surface area contributed by atoms with Crippen molar-refractivity contribution >= 4 is 22.5 Å². The van der Waals surface area contributed by atoms with Crippen LogP contribution in [0.4, 0.5) is 11.6 Å². The van der Waals surface area contributed by atoms with Crippen molar-refractivity contribution in [2.45, 2.75) is 13.8 Å². The topological polar surface area (TPSA) is 53.6 Å². The molecule has 4 rings (SSSR count). The van der Waals surface area contributed by atoms with E-state index in [4.69, 9.17) is 4.98 Å². The van der Waals surface area contributed by atoms with Gasteiger partial charge in [0, 0.05) is 34.5 Å². The third kappa shape index (κ3) is 2.63. The summed E-state index contributed by atoms with van der Waals surface area (Å²) in [5.41, 5.74) is 6.41. The first kappa shape index (κ1) is 14.5. The van der Waals surface area contributed by atoms with Crippen molar-refractivity contribution in [3.05, 3.63) is 72.1 Å². The Morgan fingerprint density at radius 3 is 2.75 bits per heavy atom. The summed E-state index contributed by atoms with van der Waals surface area (Å²) in [6.45, 7) is 4.11. The van der Waals surface area contributed by atoms with E-state index in [1.165, 1.54) is 10.9 Å². The van der Waals surface area contributed by atoms with Crippen molar-refractivity contribution in [3.63, 3.8) is 0 Å². The molecule has 0 saturated carbocycles. The molecule has 0 radical (unpaired) electrons. The largest absolute Gasteiger partial charge is 0.361 e. The Morgan fingerprint density at radius 2 is 1.88 bits per heavy atom. The summed E-state index contributed by atoms with van der Waals surface area (Å²) in [5, 5.41) is 4.46. The normalized spacial score (nSPS) is 10.9. The van der Waals surface area contributed by atoms with Gasteiger partial charge in [0.1, 0.15) is 0 Å². The van der Waals surface area contributed by atoms with Gasteiger partial charge >= 0.3 is 0 Å². The second-order valence-corrected chi connectivity index (χ2v) is 5.96. The highest BCUT2D eigenvalue weighted by Gasteiger charge is 2.10. The highest BCUT2D eigenvalue weighted by molar-refractivity contribution is 5.94. The lowest BCUT2D eigenvalue weighted by Crippen LogP contribution is -2.00. The van der Waals surface area contributed by atoms with Gasteiger partial charge in [0.15, 0.2) is 0 Å². The standard InChI is InChI=1S/C20H18N4/c1-13-5-3-6-15(11-13)23-20-22-12-14(2)19(24-20)17-7-4-8-18-16(17)9-10-21-18/h3-12,21H,1-2H3,(H,22,23,24). The van der Waals surface area contributed by atoms with Crippen LogP contribution in [0, 0.1) is 13.8 Å². The molecule has 0 fully saturated rings. The number of aryl methyl sites for hydroxylation is 2. The molecule has 0 spiro atoms. The molecule has 4 nitrogen and oxygen atoms in total. The summed E-state index contributed by atoms with van der Waals surface area (Å²) in [6, 6.07) is 16.5. The van der Waals surface area contributed by atoms with Gasteiger partial charge in [-0.1, -0.05) is 24.3 Å². The molecule has 118 valence electrons. The lowest BCUT2D eigenvalue weighted by atomic mass is 10.0. The number of fused-ring (bicyclic) bond motifs is 1. The summed E-state index contributed by atoms with van der Waals surface area (Å²) >= 11 is 0. The van der Waals surface area contributed by atoms with Crippen LogP contribution in [0.2, 0.25) is 0 Å². The fourth-order valence-electron chi connectivity index (χ4n) is 2.92. The van der Waals surface area contributed by atoms with E-state index in [2.05, 4.69) is 52.5 Å². The maximum absolute atomic E-state index is 4.76. The monoisotopic (exact) mass is 314 g/mol. The molecule has 24 heavy (non-hydrogen) atoms. The summed E-state index contributed by atoms with van der Waals surface area (Å²) in [5.74, 6) is 0.605. The van der Waals surface area contributed by atoms with E-state index in [9.17, 15) is 0 Å². The first-order valence-corrected chi connectivity index (χ1v) is 7.94. The van der Waals surface area contributed by atoms with Crippen molar-refractivity contribution in [2.75, 3.05) is 5.32 Å². The van der Waals surface area contributed by atoms with E-state index < -0.39 is 0 Å². The molecule has 0 unspecified atom stereocenters. The quantitative estimate of drug-likeness (QED) is 0.560. The minimum atomic E-state index is 0.605. The first-order valence-electron chi connectivity index (χ1n) is 7.94. The van der Waals surface area contributed by atoms with E-state index >= 15 is 0 Å². The zero-order valence-electron chi connectivity index (χ0n) is 13.7. The molecule has 0 bridgehead atoms. The molecule has 0 aliphatic carbocycles. The van der Waals surface area contributed by atoms with Crippen LogP contribution in [0.15, 0.2) is 60.9 Å². The first-order chi connectivity index (χ1) is 11.7. The molecular weight excluding hydrogens is 296 g/mol. The van der Waals surface area contributed by atoms with Crippen LogP contribution in [0.1, 0.15) is 11.1 Å². The van der Waals surface area contributed by atoms with Gasteiger partial charge in [-0.05, 0) is 49.2 Å². The van der Waals surface area contributed by atoms with Crippen LogP contribution >= 0.6 is 0 Å². The molecule has 2 N–H and O–H groups in total. The number of H-pyrrole nitrogens is 1. The molecule has 2 aromatic heterocycles. The maximum Gasteiger partial charge on any atom is 0.227 e. The van der Waals surface area contributed by atoms with Crippen molar-refractivity contribution in [1.82, 2.24) is 15.0 Å². The minimum absolute atomic E-state index is 0.605. The third-order valence-electron chi connectivity index (χ3n) is 4.10. The van der Waals surface area contributed by atoms with Crippen LogP contribution in [0.5, 0.6) is 0 Å². The molecule has 0 aliphatic heterocycles. The average Bonchev–Trinajstić information content (AvgIpc) is 3.05. The fourth-order valence-corrected chi connectivity index (χ4v) is 2.92. The predicted octanol–water partition coefficient (Wildman–Crippen LogP) is 4.99. The summed E-state index contributed by atoms with van der Waals surface area (Å²) in [4.78, 5) is 12.4. The van der Waals surface area contributed by atoms with Crippen LogP contribution in [-0.4, -0.2) is 15.0 Å². The molecule has 0 atom stereocenters. The zero-order chi connectivity index (χ0) is 16.5. The third-order valence-corrected chi connectivity index (χ3v) is 4.10. The Morgan fingerprint density at radius 1 is 1.00 bits per heavy atom. The Labute approximate surface area is 140 Å². The summed E-state index contributed by atoms with van der Waals surface area (Å²) in [6.07, 6.45) is 3.82. The van der Waals surface area contributed by atoms with Gasteiger partial charge in [0.2, 0.25) is 5.95 Å². The Hall–Kier alpha value is -3.14. The van der Waals surface area contributed by atoms with Gasteiger partial charge < -0.3 is 10.3 Å². The van der Waals surface area contributed by atoms with Gasteiger partial charge in [-0.15, -0.1) is 0 Å². The van der Waals surface area contributed by atoms with E-state index in [0.29, 0.717) is 5.95 Å². The number of nitrogens with one attached hydrogen (secondary N) is 2. The van der Waals surface area contributed by atoms with Crippen molar-refractivity contribution in [1.29, 1.82) is 0 Å². The maximum atomic E-state index is 4.76. The molecule has 2 aromatic carbocycles. The van der Waals surface area contributed by atoms with Crippen LogP contribution in [-0.2, 0) is 0 Å². The molecule has 4 heteroatoms. The number of rotatable bonds is 3. The SMILES string of the molecule is Cc1cccc(Nc2ncc(C)c(-c3cccc4[nH]ccc34)n2)c1. The van der Waals surface area contributed by atoms with Gasteiger partial charge in [0.05, 0.1) is 5.69 Å². The molecule has 0 aliphatic rings. The van der Waals surface area contributed by atoms with E-state index in [-0.39, 0.29) is 0 Å². The number of benzene rings is 2. The van der Waals surface area contributed by atoms with Gasteiger partial charge in [-0.3, -0.25) is 0 Å². The molecule has 2 heterocycles. The van der Waals surface area contributed by atoms with Crippen LogP contribution in [0.25, 0.3) is 22.2 Å². The van der Waals surface area contributed by atoms with E-state index in [1.54, 1.807) is 0 Å². The number of aromatic amines is 1. The average molecular weight is 314 g/mol. The summed E-state index contributed by atoms with van der Waals surface area (Å²) < 4.78 is 0. The smallest absolute Gasteiger partial charge is 0.227 e. The lowest BCUT2D eigenvalue weighted by Gasteiger charge is -2.10. The second-order valence-electron chi connectivity index (χ2n) is 5.96. The number of hydrogen-bond acceptors (Lipinski definition) is 3. The highest BCUT2D eigenvalue weighted by atomic mass is 15.1. The Kier molecular flexibility index (Phi) is 3.50. The number of nitrogens with zero attached hydrogens (tertiary/aromatic N) is 2. The van der Waals surface area contributed by atoms with Crippen molar-refractivity contribution in [2.24, 2.45) is 0 Å². The van der Waals surface area contributed by atoms with Gasteiger partial charge in [0.25, 0.3) is 0 Å². The van der Waals surface area contributed by atoms with Crippen molar-refractivity contribution < 1.29 is 0 Å². The molecular formula is C20H18N4. The van der Waals surface area contributed by atoms with E-state index in [0.717, 1.165) is 28.0 Å². The summed E-state index contributed by atoms with van der Waals surface area (Å²) in [7, 11) is 0. The molecule has 0 saturated heterocycles. The van der Waals surface area contributed by atoms with Crippen molar-refractivity contribution in [3.8, 4) is 11.3 Å². The number of aromatic nitrogens is 3.